The maximum absolute atomic E-state index is 11.3. The summed E-state index contributed by atoms with van der Waals surface area (Å²) >= 11 is 0. The third kappa shape index (κ3) is 2.04. The van der Waals surface area contributed by atoms with Gasteiger partial charge in [-0.05, 0) is 25.5 Å². The number of hydrogen-bond donors (Lipinski definition) is 1. The molecule has 4 nitrogen and oxygen atoms in total. The lowest BCUT2D eigenvalue weighted by atomic mass is 10.0. The third-order valence-electron chi connectivity index (χ3n) is 2.77. The predicted molar refractivity (Wildman–Crippen MR) is 54.3 cm³/mol. The molecule has 0 radical (unpaired) electrons. The number of furan rings is 1. The fourth-order valence-corrected chi connectivity index (χ4v) is 1.94. The quantitative estimate of drug-likeness (QED) is 0.748. The van der Waals surface area contributed by atoms with E-state index in [0.29, 0.717) is 6.54 Å². The molecule has 2 heterocycles. The Hall–Kier alpha value is -1.29. The van der Waals surface area contributed by atoms with Crippen LogP contribution in [0.3, 0.4) is 0 Å². The van der Waals surface area contributed by atoms with Gasteiger partial charge in [-0.15, -0.1) is 0 Å². The highest BCUT2D eigenvalue weighted by Gasteiger charge is 2.32. The fraction of sp³-hybridized carbons (Fsp3) is 0.545. The molecule has 1 aliphatic heterocycles. The molecule has 1 saturated heterocycles. The van der Waals surface area contributed by atoms with E-state index in [9.17, 15) is 4.79 Å². The van der Waals surface area contributed by atoms with Crippen LogP contribution in [0.1, 0.15) is 24.0 Å². The van der Waals surface area contributed by atoms with Gasteiger partial charge in [0.25, 0.3) is 0 Å². The first-order valence-electron chi connectivity index (χ1n) is 5.08. The average molecular weight is 209 g/mol. The molecule has 2 rings (SSSR count). The summed E-state index contributed by atoms with van der Waals surface area (Å²) < 4.78 is 10.2. The van der Waals surface area contributed by atoms with E-state index in [0.717, 1.165) is 17.9 Å². The molecule has 2 unspecified atom stereocenters. The minimum atomic E-state index is -0.145. The van der Waals surface area contributed by atoms with E-state index < -0.39 is 0 Å². The number of nitrogens with one attached hydrogen (secondary N) is 1. The molecule has 1 fully saturated rings. The Kier molecular flexibility index (Phi) is 2.77. The van der Waals surface area contributed by atoms with E-state index in [1.54, 1.807) is 0 Å². The first-order chi connectivity index (χ1) is 7.20. The largest absolute Gasteiger partial charge is 0.469 e. The first-order valence-corrected chi connectivity index (χ1v) is 5.08. The Morgan fingerprint density at radius 2 is 2.40 bits per heavy atom. The maximum Gasteiger partial charge on any atom is 0.310 e. The summed E-state index contributed by atoms with van der Waals surface area (Å²) in [6, 6.07) is 4.03. The molecule has 82 valence electrons. The lowest BCUT2D eigenvalue weighted by molar-refractivity contribution is -0.144. The number of ether oxygens (including phenoxy) is 1. The van der Waals surface area contributed by atoms with Gasteiger partial charge in [0.15, 0.2) is 0 Å². The zero-order valence-corrected chi connectivity index (χ0v) is 8.95. The van der Waals surface area contributed by atoms with Crippen LogP contribution in [-0.2, 0) is 9.53 Å². The molecule has 0 amide bonds. The summed E-state index contributed by atoms with van der Waals surface area (Å²) in [5.41, 5.74) is 0. The first kappa shape index (κ1) is 10.2. The minimum Gasteiger partial charge on any atom is -0.469 e. The van der Waals surface area contributed by atoms with Gasteiger partial charge >= 0.3 is 5.97 Å². The van der Waals surface area contributed by atoms with Crippen LogP contribution in [-0.4, -0.2) is 19.6 Å². The van der Waals surface area contributed by atoms with Crippen molar-refractivity contribution >= 4 is 5.97 Å². The highest BCUT2D eigenvalue weighted by Crippen LogP contribution is 2.28. The van der Waals surface area contributed by atoms with Crippen LogP contribution in [0.15, 0.2) is 16.5 Å². The van der Waals surface area contributed by atoms with Crippen molar-refractivity contribution in [2.45, 2.75) is 19.4 Å². The van der Waals surface area contributed by atoms with Crippen molar-refractivity contribution in [3.05, 3.63) is 23.7 Å². The molecule has 4 heteroatoms. The number of rotatable bonds is 2. The maximum atomic E-state index is 11.3. The van der Waals surface area contributed by atoms with Gasteiger partial charge in [-0.25, -0.2) is 0 Å². The number of hydrogen-bond acceptors (Lipinski definition) is 4. The lowest BCUT2D eigenvalue weighted by Gasteiger charge is -2.06. The smallest absolute Gasteiger partial charge is 0.310 e. The van der Waals surface area contributed by atoms with Gasteiger partial charge in [0.2, 0.25) is 0 Å². The van der Waals surface area contributed by atoms with Gasteiger partial charge in [-0.2, -0.15) is 0 Å². The van der Waals surface area contributed by atoms with Crippen molar-refractivity contribution in [3.8, 4) is 0 Å². The van der Waals surface area contributed by atoms with E-state index in [-0.39, 0.29) is 17.9 Å². The van der Waals surface area contributed by atoms with Crippen molar-refractivity contribution in [2.75, 3.05) is 13.7 Å². The van der Waals surface area contributed by atoms with Crippen LogP contribution >= 0.6 is 0 Å². The van der Waals surface area contributed by atoms with Gasteiger partial charge in [-0.1, -0.05) is 0 Å². The van der Waals surface area contributed by atoms with Crippen LogP contribution in [0.2, 0.25) is 0 Å². The van der Waals surface area contributed by atoms with Gasteiger partial charge in [0, 0.05) is 6.54 Å². The van der Waals surface area contributed by atoms with E-state index in [1.165, 1.54) is 7.11 Å². The van der Waals surface area contributed by atoms with E-state index >= 15 is 0 Å². The summed E-state index contributed by atoms with van der Waals surface area (Å²) in [4.78, 5) is 11.3. The van der Waals surface area contributed by atoms with Gasteiger partial charge in [0.1, 0.15) is 11.5 Å². The predicted octanol–water partition coefficient (Wildman–Crippen LogP) is 1.41. The number of esters is 1. The van der Waals surface area contributed by atoms with Crippen molar-refractivity contribution in [2.24, 2.45) is 5.92 Å². The summed E-state index contributed by atoms with van der Waals surface area (Å²) in [5, 5.41) is 3.26. The molecule has 0 aromatic carbocycles. The molecule has 0 spiro atoms. The molecule has 0 aliphatic carbocycles. The average Bonchev–Trinajstić information content (AvgIpc) is 2.84. The second-order valence-corrected chi connectivity index (χ2v) is 3.87. The molecular formula is C11H15NO3. The summed E-state index contributed by atoms with van der Waals surface area (Å²) in [7, 11) is 1.42. The zero-order valence-electron chi connectivity index (χ0n) is 8.95. The molecule has 15 heavy (non-hydrogen) atoms. The van der Waals surface area contributed by atoms with Crippen LogP contribution in [0.4, 0.5) is 0 Å². The van der Waals surface area contributed by atoms with Gasteiger partial charge in [-0.3, -0.25) is 4.79 Å². The van der Waals surface area contributed by atoms with Gasteiger partial charge < -0.3 is 14.5 Å². The van der Waals surface area contributed by atoms with Crippen molar-refractivity contribution in [3.63, 3.8) is 0 Å². The second kappa shape index (κ2) is 4.06. The highest BCUT2D eigenvalue weighted by molar-refractivity contribution is 5.73. The molecule has 0 saturated carbocycles. The Morgan fingerprint density at radius 3 is 3.00 bits per heavy atom. The molecule has 1 aliphatic rings. The second-order valence-electron chi connectivity index (χ2n) is 3.87. The molecule has 1 aromatic heterocycles. The van der Waals surface area contributed by atoms with Crippen LogP contribution < -0.4 is 5.32 Å². The molecule has 1 N–H and O–H groups in total. The van der Waals surface area contributed by atoms with Crippen LogP contribution in [0.5, 0.6) is 0 Å². The molecule has 1 aromatic rings. The van der Waals surface area contributed by atoms with Gasteiger partial charge in [0.05, 0.1) is 19.1 Å². The SMILES string of the molecule is COC(=O)C1CNC(c2ccc(C)o2)C1. The molecule has 2 atom stereocenters. The minimum absolute atomic E-state index is 0.0505. The summed E-state index contributed by atoms with van der Waals surface area (Å²) in [6.45, 7) is 2.58. The Bertz CT molecular complexity index is 358. The Morgan fingerprint density at radius 1 is 1.60 bits per heavy atom. The monoisotopic (exact) mass is 209 g/mol. The fourth-order valence-electron chi connectivity index (χ4n) is 1.94. The van der Waals surface area contributed by atoms with Crippen molar-refractivity contribution in [1.82, 2.24) is 5.32 Å². The van der Waals surface area contributed by atoms with Crippen LogP contribution in [0.25, 0.3) is 0 Å². The van der Waals surface area contributed by atoms with E-state index in [1.807, 2.05) is 19.1 Å². The Labute approximate surface area is 88.6 Å². The zero-order chi connectivity index (χ0) is 10.8. The summed E-state index contributed by atoms with van der Waals surface area (Å²) in [5.74, 6) is 1.60. The van der Waals surface area contributed by atoms with Crippen LogP contribution in [0, 0.1) is 12.8 Å². The normalized spacial score (nSPS) is 25.5. The number of methoxy groups -OCH3 is 1. The van der Waals surface area contributed by atoms with E-state index in [4.69, 9.17) is 9.15 Å². The Balaban J connectivity index is 2.01. The topological polar surface area (TPSA) is 51.5 Å². The molecule has 0 bridgehead atoms. The number of carbonyl (C=O) groups excluding carboxylic acids is 1. The lowest BCUT2D eigenvalue weighted by Crippen LogP contribution is -2.19. The summed E-state index contributed by atoms with van der Waals surface area (Å²) in [6.07, 6.45) is 0.750. The third-order valence-corrected chi connectivity index (χ3v) is 2.77. The number of aryl methyl sites for hydroxylation is 1. The van der Waals surface area contributed by atoms with Crippen molar-refractivity contribution < 1.29 is 13.9 Å². The highest BCUT2D eigenvalue weighted by atomic mass is 16.5. The molecular weight excluding hydrogens is 194 g/mol. The van der Waals surface area contributed by atoms with Crippen molar-refractivity contribution in [1.29, 1.82) is 0 Å². The standard InChI is InChI=1S/C11H15NO3/c1-7-3-4-10(15-7)9-5-8(6-12-9)11(13)14-2/h3-4,8-9,12H,5-6H2,1-2H3. The number of carbonyl (C=O) groups is 1. The van der Waals surface area contributed by atoms with E-state index in [2.05, 4.69) is 5.32 Å².